The van der Waals surface area contributed by atoms with Gasteiger partial charge in [0.15, 0.2) is 5.82 Å². The lowest BCUT2D eigenvalue weighted by Crippen LogP contribution is -2.36. The zero-order valence-corrected chi connectivity index (χ0v) is 16.6. The summed E-state index contributed by atoms with van der Waals surface area (Å²) in [5.41, 5.74) is 7.78. The van der Waals surface area contributed by atoms with Gasteiger partial charge in [0.2, 0.25) is 0 Å². The molecule has 1 aliphatic rings. The van der Waals surface area contributed by atoms with E-state index in [0.29, 0.717) is 12.5 Å². The molecule has 1 saturated carbocycles. The molecule has 4 rings (SSSR count). The summed E-state index contributed by atoms with van der Waals surface area (Å²) in [6, 6.07) is 14.2. The highest BCUT2D eigenvalue weighted by atomic mass is 35.5. The molecule has 0 saturated heterocycles. The van der Waals surface area contributed by atoms with Crippen LogP contribution in [-0.4, -0.2) is 32.4 Å². The van der Waals surface area contributed by atoms with Gasteiger partial charge in [0.1, 0.15) is 17.3 Å². The molecule has 0 atom stereocenters. The monoisotopic (exact) mass is 407 g/mol. The molecule has 0 radical (unpaired) electrons. The minimum atomic E-state index is 0. The molecule has 0 amide bonds. The Morgan fingerprint density at radius 3 is 2.41 bits per heavy atom. The van der Waals surface area contributed by atoms with Crippen LogP contribution in [0.4, 0.5) is 0 Å². The van der Waals surface area contributed by atoms with Gasteiger partial charge in [-0.15, -0.1) is 35.0 Å². The summed E-state index contributed by atoms with van der Waals surface area (Å²) in [6.07, 6.45) is 3.62. The number of benzene rings is 1. The standard InChI is InChI=1S/C19H21N5O.2ClH/c1-2-25-16-8-9-17(21-12-16)19-23-22-18(13-10-14(20)11-13)24(19)15-6-4-3-5-7-15;;/h3-9,12-14H,2,10-11,20H2,1H3;2*1H/t13-,14-;;. The number of nitrogens with zero attached hydrogens (tertiary/aromatic N) is 4. The van der Waals surface area contributed by atoms with Crippen LogP contribution in [0.25, 0.3) is 17.2 Å². The molecule has 0 aliphatic heterocycles. The number of hydrogen-bond acceptors (Lipinski definition) is 5. The average Bonchev–Trinajstić information content (AvgIpc) is 3.05. The molecule has 2 N–H and O–H groups in total. The number of halogens is 2. The Morgan fingerprint density at radius 2 is 1.81 bits per heavy atom. The summed E-state index contributed by atoms with van der Waals surface area (Å²) in [7, 11) is 0. The van der Waals surface area contributed by atoms with Crippen molar-refractivity contribution >= 4 is 24.8 Å². The normalized spacial score (nSPS) is 18.0. The van der Waals surface area contributed by atoms with Crippen LogP contribution in [0, 0.1) is 0 Å². The molecular formula is C19H23Cl2N5O. The number of hydrogen-bond donors (Lipinski definition) is 1. The zero-order valence-electron chi connectivity index (χ0n) is 15.0. The first-order valence-electron chi connectivity index (χ1n) is 8.61. The van der Waals surface area contributed by atoms with Crippen molar-refractivity contribution in [2.75, 3.05) is 6.61 Å². The Morgan fingerprint density at radius 1 is 1.07 bits per heavy atom. The van der Waals surface area contributed by atoms with Crippen LogP contribution in [-0.2, 0) is 0 Å². The molecule has 0 unspecified atom stereocenters. The number of ether oxygens (including phenoxy) is 1. The minimum Gasteiger partial charge on any atom is -0.492 e. The van der Waals surface area contributed by atoms with Crippen molar-refractivity contribution in [2.45, 2.75) is 31.7 Å². The van der Waals surface area contributed by atoms with Gasteiger partial charge >= 0.3 is 0 Å². The zero-order chi connectivity index (χ0) is 17.2. The summed E-state index contributed by atoms with van der Waals surface area (Å²) in [5.74, 6) is 2.80. The Hall–Kier alpha value is -2.15. The van der Waals surface area contributed by atoms with Gasteiger partial charge in [-0.1, -0.05) is 18.2 Å². The number of nitrogens with two attached hydrogens (primary N) is 1. The second-order valence-corrected chi connectivity index (χ2v) is 6.29. The molecule has 144 valence electrons. The van der Waals surface area contributed by atoms with E-state index in [2.05, 4.69) is 31.9 Å². The second kappa shape index (κ2) is 9.17. The molecule has 8 heteroatoms. The van der Waals surface area contributed by atoms with E-state index in [0.717, 1.165) is 41.6 Å². The first-order valence-corrected chi connectivity index (χ1v) is 8.61. The van der Waals surface area contributed by atoms with Crippen LogP contribution in [0.2, 0.25) is 0 Å². The SMILES string of the molecule is CCOc1ccc(-c2nnc([C@H]3C[C@H](N)C3)n2-c2ccccc2)nc1.Cl.Cl. The van der Waals surface area contributed by atoms with E-state index >= 15 is 0 Å². The third kappa shape index (κ3) is 4.24. The van der Waals surface area contributed by atoms with Crippen molar-refractivity contribution in [3.05, 3.63) is 54.5 Å². The maximum atomic E-state index is 5.97. The van der Waals surface area contributed by atoms with E-state index < -0.39 is 0 Å². The molecule has 1 aromatic carbocycles. The van der Waals surface area contributed by atoms with Crippen LogP contribution in [0.1, 0.15) is 31.5 Å². The molecule has 1 fully saturated rings. The predicted molar refractivity (Wildman–Crippen MR) is 110 cm³/mol. The second-order valence-electron chi connectivity index (χ2n) is 6.29. The molecular weight excluding hydrogens is 385 g/mol. The fourth-order valence-corrected chi connectivity index (χ4v) is 3.20. The van der Waals surface area contributed by atoms with Gasteiger partial charge in [-0.2, -0.15) is 0 Å². The average molecular weight is 408 g/mol. The Bertz CT molecular complexity index is 848. The topological polar surface area (TPSA) is 78.9 Å². The first kappa shape index (κ1) is 21.2. The van der Waals surface area contributed by atoms with E-state index in [1.54, 1.807) is 6.20 Å². The Kier molecular flexibility index (Phi) is 7.18. The van der Waals surface area contributed by atoms with Gasteiger partial charge < -0.3 is 10.5 Å². The molecule has 3 aromatic rings. The molecule has 2 heterocycles. The van der Waals surface area contributed by atoms with Gasteiger partial charge in [-0.25, -0.2) is 4.98 Å². The number of rotatable bonds is 5. The quantitative estimate of drug-likeness (QED) is 0.695. The van der Waals surface area contributed by atoms with Crippen molar-refractivity contribution in [1.82, 2.24) is 19.7 Å². The third-order valence-corrected chi connectivity index (χ3v) is 4.52. The fraction of sp³-hybridized carbons (Fsp3) is 0.316. The summed E-state index contributed by atoms with van der Waals surface area (Å²) in [4.78, 5) is 4.51. The van der Waals surface area contributed by atoms with Gasteiger partial charge in [0, 0.05) is 17.6 Å². The van der Waals surface area contributed by atoms with E-state index in [1.807, 2.05) is 37.3 Å². The lowest BCUT2D eigenvalue weighted by molar-refractivity contribution is 0.335. The van der Waals surface area contributed by atoms with Gasteiger partial charge in [-0.3, -0.25) is 4.57 Å². The van der Waals surface area contributed by atoms with Crippen LogP contribution in [0.15, 0.2) is 48.7 Å². The molecule has 0 bridgehead atoms. The predicted octanol–water partition coefficient (Wildman–Crippen LogP) is 3.78. The number of para-hydroxylation sites is 1. The maximum Gasteiger partial charge on any atom is 0.187 e. The van der Waals surface area contributed by atoms with Crippen molar-refractivity contribution < 1.29 is 4.74 Å². The molecule has 27 heavy (non-hydrogen) atoms. The van der Waals surface area contributed by atoms with Crippen LogP contribution in [0.5, 0.6) is 5.75 Å². The van der Waals surface area contributed by atoms with Crippen molar-refractivity contribution in [3.63, 3.8) is 0 Å². The molecule has 1 aliphatic carbocycles. The highest BCUT2D eigenvalue weighted by Gasteiger charge is 2.33. The van der Waals surface area contributed by atoms with Gasteiger partial charge in [0.25, 0.3) is 0 Å². The molecule has 6 nitrogen and oxygen atoms in total. The van der Waals surface area contributed by atoms with Gasteiger partial charge in [0.05, 0.1) is 12.8 Å². The van der Waals surface area contributed by atoms with E-state index in [-0.39, 0.29) is 30.9 Å². The summed E-state index contributed by atoms with van der Waals surface area (Å²) >= 11 is 0. The van der Waals surface area contributed by atoms with E-state index in [1.165, 1.54) is 0 Å². The smallest absolute Gasteiger partial charge is 0.187 e. The van der Waals surface area contributed by atoms with E-state index in [9.17, 15) is 0 Å². The van der Waals surface area contributed by atoms with Crippen LogP contribution in [0.3, 0.4) is 0 Å². The van der Waals surface area contributed by atoms with Crippen LogP contribution >= 0.6 is 24.8 Å². The van der Waals surface area contributed by atoms with Crippen molar-refractivity contribution in [2.24, 2.45) is 5.73 Å². The first-order chi connectivity index (χ1) is 12.3. The summed E-state index contributed by atoms with van der Waals surface area (Å²) in [6.45, 7) is 2.57. The van der Waals surface area contributed by atoms with E-state index in [4.69, 9.17) is 10.5 Å². The Labute approximate surface area is 171 Å². The lowest BCUT2D eigenvalue weighted by atomic mass is 9.80. The number of aromatic nitrogens is 4. The minimum absolute atomic E-state index is 0. The van der Waals surface area contributed by atoms with Gasteiger partial charge in [-0.05, 0) is 44.0 Å². The summed E-state index contributed by atoms with van der Waals surface area (Å²) < 4.78 is 7.57. The highest BCUT2D eigenvalue weighted by Crippen LogP contribution is 2.37. The molecule has 0 spiro atoms. The van der Waals surface area contributed by atoms with Crippen molar-refractivity contribution in [3.8, 4) is 23.0 Å². The van der Waals surface area contributed by atoms with Crippen molar-refractivity contribution in [1.29, 1.82) is 0 Å². The number of pyridine rings is 1. The lowest BCUT2D eigenvalue weighted by Gasteiger charge is -2.31. The molecule has 2 aromatic heterocycles. The maximum absolute atomic E-state index is 5.97. The Balaban J connectivity index is 0.00000131. The summed E-state index contributed by atoms with van der Waals surface area (Å²) in [5, 5.41) is 8.91. The fourth-order valence-electron chi connectivity index (χ4n) is 3.20. The van der Waals surface area contributed by atoms with Crippen LogP contribution < -0.4 is 10.5 Å². The highest BCUT2D eigenvalue weighted by molar-refractivity contribution is 5.85. The largest absolute Gasteiger partial charge is 0.492 e. The third-order valence-electron chi connectivity index (χ3n) is 4.52.